The molecule has 0 aromatic heterocycles. The van der Waals surface area contributed by atoms with Gasteiger partial charge >= 0.3 is 0 Å². The van der Waals surface area contributed by atoms with E-state index in [4.69, 9.17) is 5.11 Å². The Morgan fingerprint density at radius 2 is 2.12 bits per heavy atom. The van der Waals surface area contributed by atoms with Crippen LogP contribution >= 0.6 is 35.7 Å². The molecule has 1 aliphatic heterocycles. The number of aliphatic hydroxyl groups excluding tert-OH is 2. The van der Waals surface area contributed by atoms with E-state index in [-0.39, 0.29) is 5.05 Å². The molecule has 0 aromatic carbocycles. The van der Waals surface area contributed by atoms with Gasteiger partial charge in [0.05, 0.1) is 0 Å². The van der Waals surface area contributed by atoms with E-state index < -0.39 is 6.10 Å². The number of aliphatic imine (C=N–C) groups is 1. The quantitative estimate of drug-likeness (QED) is 0.780. The Morgan fingerprint density at radius 3 is 2.65 bits per heavy atom. The molecule has 92 valence electrons. The van der Waals surface area contributed by atoms with Crippen LogP contribution in [0.15, 0.2) is 28.8 Å². The zero-order valence-corrected chi connectivity index (χ0v) is 11.5. The van der Waals surface area contributed by atoms with Gasteiger partial charge in [-0.1, -0.05) is 12.2 Å². The van der Waals surface area contributed by atoms with Gasteiger partial charge in [-0.05, 0) is 23.9 Å². The van der Waals surface area contributed by atoms with Crippen LogP contribution in [-0.4, -0.2) is 43.3 Å². The summed E-state index contributed by atoms with van der Waals surface area (Å²) < 4.78 is 0.313. The highest BCUT2D eigenvalue weighted by molar-refractivity contribution is 8.20. The predicted molar refractivity (Wildman–Crippen MR) is 79.2 cm³/mol. The maximum absolute atomic E-state index is 9.56. The number of hydrogen-bond acceptors (Lipinski definition) is 5. The Balaban J connectivity index is 1.97. The normalized spacial score (nSPS) is 25.0. The summed E-state index contributed by atoms with van der Waals surface area (Å²) in [4.78, 5) is 4.61. The van der Waals surface area contributed by atoms with Gasteiger partial charge in [0, 0.05) is 23.6 Å². The zero-order chi connectivity index (χ0) is 12.3. The van der Waals surface area contributed by atoms with Crippen LogP contribution in [0.5, 0.6) is 0 Å². The lowest BCUT2D eigenvalue weighted by Crippen LogP contribution is -2.21. The van der Waals surface area contributed by atoms with Crippen molar-refractivity contribution < 1.29 is 10.2 Å². The van der Waals surface area contributed by atoms with Crippen molar-refractivity contribution in [3.05, 3.63) is 23.8 Å². The Morgan fingerprint density at radius 1 is 1.41 bits per heavy atom. The average molecular weight is 287 g/mol. The van der Waals surface area contributed by atoms with E-state index in [0.29, 0.717) is 16.7 Å². The van der Waals surface area contributed by atoms with Crippen molar-refractivity contribution in [1.82, 2.24) is 0 Å². The van der Waals surface area contributed by atoms with Gasteiger partial charge in [0.25, 0.3) is 0 Å². The first-order valence-electron chi connectivity index (χ1n) is 5.26. The molecule has 0 amide bonds. The molecular formula is C11H13NO2S3. The third kappa shape index (κ3) is 3.58. The monoisotopic (exact) mass is 287 g/mol. The Bertz CT molecular complexity index is 398. The highest BCUT2D eigenvalue weighted by Gasteiger charge is 2.18. The summed E-state index contributed by atoms with van der Waals surface area (Å²) in [5, 5.41) is 18.2. The molecule has 2 rings (SSSR count). The fourth-order valence-electron chi connectivity index (χ4n) is 1.55. The van der Waals surface area contributed by atoms with E-state index in [2.05, 4.69) is 17.2 Å². The molecule has 1 aliphatic carbocycles. The number of nitrogens with zero attached hydrogens (tertiary/aromatic N) is 1. The zero-order valence-electron chi connectivity index (χ0n) is 9.07. The second-order valence-corrected chi connectivity index (χ2v) is 6.74. The topological polar surface area (TPSA) is 52.8 Å². The Labute approximate surface area is 114 Å². The fraction of sp³-hybridized carbons (Fsp3) is 0.455. The van der Waals surface area contributed by atoms with E-state index in [9.17, 15) is 5.11 Å². The van der Waals surface area contributed by atoms with Gasteiger partial charge < -0.3 is 10.2 Å². The third-order valence-electron chi connectivity index (χ3n) is 2.44. The highest BCUT2D eigenvalue weighted by atomic mass is 32.2. The molecule has 1 fully saturated rings. The average Bonchev–Trinajstić information content (AvgIpc) is 2.82. The molecule has 0 bridgehead atoms. The van der Waals surface area contributed by atoms with Crippen molar-refractivity contribution in [2.75, 3.05) is 11.5 Å². The minimum absolute atomic E-state index is 0.313. The van der Waals surface area contributed by atoms with E-state index >= 15 is 0 Å². The van der Waals surface area contributed by atoms with Crippen LogP contribution in [0.25, 0.3) is 0 Å². The smallest absolute Gasteiger partial charge is 0.190 e. The largest absolute Gasteiger partial charge is 0.500 e. The van der Waals surface area contributed by atoms with E-state index in [1.165, 1.54) is 0 Å². The molecule has 0 aromatic rings. The van der Waals surface area contributed by atoms with E-state index in [1.54, 1.807) is 6.08 Å². The lowest BCUT2D eigenvalue weighted by Gasteiger charge is -2.13. The van der Waals surface area contributed by atoms with Gasteiger partial charge in [0.15, 0.2) is 5.05 Å². The number of aliphatic hydroxyl groups is 2. The van der Waals surface area contributed by atoms with Crippen LogP contribution in [-0.2, 0) is 0 Å². The van der Waals surface area contributed by atoms with Crippen molar-refractivity contribution in [2.45, 2.75) is 17.2 Å². The van der Waals surface area contributed by atoms with Crippen molar-refractivity contribution in [3.63, 3.8) is 0 Å². The number of thiocarbonyl (C=S) groups is 1. The summed E-state index contributed by atoms with van der Waals surface area (Å²) >= 11 is 8.26. The van der Waals surface area contributed by atoms with Crippen molar-refractivity contribution in [3.8, 4) is 0 Å². The number of thioether (sulfide) groups is 2. The molecule has 2 N–H and O–H groups in total. The SMILES string of the molecule is OC(=S)C(O)C1=CCC(=NC2SCCS2)C=C1. The van der Waals surface area contributed by atoms with E-state index in [1.807, 2.05) is 35.7 Å². The van der Waals surface area contributed by atoms with Gasteiger partial charge in [0.2, 0.25) is 0 Å². The maximum Gasteiger partial charge on any atom is 0.190 e. The molecule has 2 aliphatic rings. The van der Waals surface area contributed by atoms with Crippen LogP contribution < -0.4 is 0 Å². The van der Waals surface area contributed by atoms with Crippen LogP contribution in [0.4, 0.5) is 0 Å². The first-order chi connectivity index (χ1) is 8.16. The van der Waals surface area contributed by atoms with Crippen molar-refractivity contribution >= 4 is 46.5 Å². The lowest BCUT2D eigenvalue weighted by molar-refractivity contribution is 0.258. The third-order valence-corrected chi connectivity index (χ3v) is 5.40. The molecule has 0 saturated carbocycles. The summed E-state index contributed by atoms with van der Waals surface area (Å²) in [5.41, 5.74) is 1.65. The Hall–Kier alpha value is -0.300. The Kier molecular flexibility index (Phi) is 4.67. The van der Waals surface area contributed by atoms with Crippen LogP contribution in [0.2, 0.25) is 0 Å². The van der Waals surface area contributed by atoms with Gasteiger partial charge in [-0.25, -0.2) is 0 Å². The summed E-state index contributed by atoms with van der Waals surface area (Å²) in [6.07, 6.45) is 5.13. The maximum atomic E-state index is 9.56. The predicted octanol–water partition coefficient (Wildman–Crippen LogP) is 2.32. The molecule has 1 unspecified atom stereocenters. The summed E-state index contributed by atoms with van der Waals surface area (Å²) in [7, 11) is 0. The molecule has 1 saturated heterocycles. The summed E-state index contributed by atoms with van der Waals surface area (Å²) in [6, 6.07) is 0. The molecular weight excluding hydrogens is 274 g/mol. The molecule has 6 heteroatoms. The van der Waals surface area contributed by atoms with Gasteiger partial charge in [-0.15, -0.1) is 23.5 Å². The van der Waals surface area contributed by atoms with Crippen LogP contribution in [0.3, 0.4) is 0 Å². The molecule has 0 spiro atoms. The lowest BCUT2D eigenvalue weighted by atomic mass is 10.0. The standard InChI is InChI=1S/C11H13NO2S3/c13-9(10(14)15)7-1-3-8(4-2-7)12-11-16-5-6-17-11/h1-3,9,11,13H,4-6H2,(H,14,15). The molecule has 1 atom stereocenters. The summed E-state index contributed by atoms with van der Waals surface area (Å²) in [6.45, 7) is 0. The van der Waals surface area contributed by atoms with Crippen molar-refractivity contribution in [1.29, 1.82) is 0 Å². The van der Waals surface area contributed by atoms with Gasteiger partial charge in [-0.3, -0.25) is 4.99 Å². The number of allylic oxidation sites excluding steroid dienone is 2. The molecule has 17 heavy (non-hydrogen) atoms. The van der Waals surface area contributed by atoms with Crippen LogP contribution in [0, 0.1) is 0 Å². The first kappa shape index (κ1) is 13.1. The first-order valence-corrected chi connectivity index (χ1v) is 7.76. The minimum Gasteiger partial charge on any atom is -0.500 e. The number of hydrogen-bond donors (Lipinski definition) is 2. The summed E-state index contributed by atoms with van der Waals surface area (Å²) in [5.74, 6) is 2.32. The van der Waals surface area contributed by atoms with Gasteiger partial charge in [0.1, 0.15) is 10.8 Å². The highest BCUT2D eigenvalue weighted by Crippen LogP contribution is 2.33. The minimum atomic E-state index is -1.06. The molecule has 0 radical (unpaired) electrons. The van der Waals surface area contributed by atoms with Gasteiger partial charge in [-0.2, -0.15) is 0 Å². The molecule has 1 heterocycles. The van der Waals surface area contributed by atoms with Crippen molar-refractivity contribution in [2.24, 2.45) is 4.99 Å². The van der Waals surface area contributed by atoms with Crippen LogP contribution in [0.1, 0.15) is 6.42 Å². The second-order valence-electron chi connectivity index (χ2n) is 3.65. The number of rotatable bonds is 3. The van der Waals surface area contributed by atoms with E-state index in [0.717, 1.165) is 17.2 Å². The molecule has 3 nitrogen and oxygen atoms in total. The second kappa shape index (κ2) is 6.04. The fourth-order valence-corrected chi connectivity index (χ4v) is 4.24.